The van der Waals surface area contributed by atoms with Crippen molar-refractivity contribution in [1.29, 1.82) is 0 Å². The lowest BCUT2D eigenvalue weighted by atomic mass is 9.75. The molecule has 1 N–H and O–H groups in total. The normalized spacial score (nSPS) is 35.5. The molecule has 3 aliphatic heterocycles. The molecule has 1 saturated carbocycles. The molecule has 26 heavy (non-hydrogen) atoms. The second-order valence-electron chi connectivity index (χ2n) is 8.04. The van der Waals surface area contributed by atoms with E-state index in [9.17, 15) is 4.79 Å². The number of rotatable bonds is 4. The van der Waals surface area contributed by atoms with Gasteiger partial charge in [0.2, 0.25) is 0 Å². The average molecular weight is 354 g/mol. The van der Waals surface area contributed by atoms with E-state index in [4.69, 9.17) is 9.47 Å². The van der Waals surface area contributed by atoms with Crippen LogP contribution in [-0.2, 0) is 16.1 Å². The Morgan fingerprint density at radius 1 is 1.31 bits per heavy atom. The summed E-state index contributed by atoms with van der Waals surface area (Å²) in [5, 5.41) is 3.77. The van der Waals surface area contributed by atoms with Crippen LogP contribution in [0.15, 0.2) is 35.9 Å². The highest BCUT2D eigenvalue weighted by Gasteiger charge is 2.63. The van der Waals surface area contributed by atoms with Crippen molar-refractivity contribution in [3.63, 3.8) is 0 Å². The van der Waals surface area contributed by atoms with Gasteiger partial charge in [0.1, 0.15) is 5.75 Å². The molecule has 5 nitrogen and oxygen atoms in total. The van der Waals surface area contributed by atoms with Crippen LogP contribution in [0.5, 0.6) is 5.75 Å². The van der Waals surface area contributed by atoms with Crippen molar-refractivity contribution in [3.8, 4) is 5.75 Å². The SMILES string of the molecule is COc1ccc(CNC2CC3=CC(=O)OC34CC2N2CCCCC24)cc1. The van der Waals surface area contributed by atoms with Crippen LogP contribution in [0.3, 0.4) is 0 Å². The van der Waals surface area contributed by atoms with Crippen molar-refractivity contribution in [1.82, 2.24) is 10.2 Å². The monoisotopic (exact) mass is 354 g/mol. The molecule has 5 heteroatoms. The smallest absolute Gasteiger partial charge is 0.331 e. The fourth-order valence-corrected chi connectivity index (χ4v) is 5.59. The molecule has 1 aromatic rings. The Balaban J connectivity index is 1.36. The van der Waals surface area contributed by atoms with Gasteiger partial charge in [-0.1, -0.05) is 18.6 Å². The van der Waals surface area contributed by atoms with Gasteiger partial charge in [-0.2, -0.15) is 0 Å². The van der Waals surface area contributed by atoms with E-state index in [1.807, 2.05) is 12.1 Å². The van der Waals surface area contributed by atoms with Crippen LogP contribution in [0.2, 0.25) is 0 Å². The molecule has 4 atom stereocenters. The maximum absolute atomic E-state index is 12.1. The van der Waals surface area contributed by atoms with Crippen molar-refractivity contribution >= 4 is 5.97 Å². The van der Waals surface area contributed by atoms with Gasteiger partial charge in [-0.05, 0) is 49.1 Å². The summed E-state index contributed by atoms with van der Waals surface area (Å²) in [6, 6.07) is 9.44. The number of nitrogens with one attached hydrogen (secondary N) is 1. The Hall–Kier alpha value is -1.85. The summed E-state index contributed by atoms with van der Waals surface area (Å²) in [7, 11) is 1.69. The molecule has 0 radical (unpaired) electrons. The van der Waals surface area contributed by atoms with Crippen molar-refractivity contribution in [2.45, 2.75) is 62.4 Å². The molecular formula is C21H26N2O3. The zero-order valence-corrected chi connectivity index (χ0v) is 15.2. The molecule has 2 saturated heterocycles. The molecule has 1 aromatic carbocycles. The van der Waals surface area contributed by atoms with E-state index in [2.05, 4.69) is 22.3 Å². The van der Waals surface area contributed by atoms with Gasteiger partial charge in [0.05, 0.1) is 13.2 Å². The highest BCUT2D eigenvalue weighted by atomic mass is 16.6. The molecule has 2 bridgehead atoms. The first-order valence-corrected chi connectivity index (χ1v) is 9.76. The summed E-state index contributed by atoms with van der Waals surface area (Å²) in [5.74, 6) is 0.747. The second-order valence-corrected chi connectivity index (χ2v) is 8.04. The minimum atomic E-state index is -0.319. The summed E-state index contributed by atoms with van der Waals surface area (Å²) in [6.45, 7) is 1.96. The second kappa shape index (κ2) is 6.10. The van der Waals surface area contributed by atoms with Gasteiger partial charge in [0.15, 0.2) is 5.60 Å². The zero-order valence-electron chi connectivity index (χ0n) is 15.2. The number of hydrogen-bond acceptors (Lipinski definition) is 5. The van der Waals surface area contributed by atoms with E-state index in [-0.39, 0.29) is 11.6 Å². The van der Waals surface area contributed by atoms with Gasteiger partial charge in [-0.15, -0.1) is 0 Å². The number of hydrogen-bond donors (Lipinski definition) is 1. The minimum absolute atomic E-state index is 0.137. The van der Waals surface area contributed by atoms with E-state index in [0.717, 1.165) is 38.1 Å². The third-order valence-electron chi connectivity index (χ3n) is 6.77. The van der Waals surface area contributed by atoms with Gasteiger partial charge in [-0.25, -0.2) is 4.79 Å². The van der Waals surface area contributed by atoms with E-state index in [0.29, 0.717) is 18.1 Å². The summed E-state index contributed by atoms with van der Waals surface area (Å²) in [5.41, 5.74) is 2.16. The first-order chi connectivity index (χ1) is 12.7. The number of fused-ring (bicyclic) bond motifs is 3. The van der Waals surface area contributed by atoms with Crippen LogP contribution < -0.4 is 10.1 Å². The van der Waals surface area contributed by atoms with E-state index < -0.39 is 0 Å². The molecule has 4 unspecified atom stereocenters. The Bertz CT molecular complexity index is 744. The van der Waals surface area contributed by atoms with Crippen LogP contribution in [-0.4, -0.2) is 48.3 Å². The molecule has 4 aliphatic rings. The van der Waals surface area contributed by atoms with Crippen LogP contribution in [0.1, 0.15) is 37.7 Å². The van der Waals surface area contributed by atoms with Crippen molar-refractivity contribution in [2.24, 2.45) is 0 Å². The van der Waals surface area contributed by atoms with Crippen LogP contribution in [0.25, 0.3) is 0 Å². The third kappa shape index (κ3) is 2.41. The average Bonchev–Trinajstić information content (AvgIpc) is 3.15. The maximum Gasteiger partial charge on any atom is 0.331 e. The highest BCUT2D eigenvalue weighted by Crippen LogP contribution is 2.53. The van der Waals surface area contributed by atoms with E-state index >= 15 is 0 Å². The van der Waals surface area contributed by atoms with Crippen LogP contribution in [0.4, 0.5) is 0 Å². The Labute approximate surface area is 154 Å². The van der Waals surface area contributed by atoms with Crippen molar-refractivity contribution in [2.75, 3.05) is 13.7 Å². The molecule has 0 aromatic heterocycles. The van der Waals surface area contributed by atoms with Crippen LogP contribution in [0, 0.1) is 0 Å². The van der Waals surface area contributed by atoms with Crippen molar-refractivity contribution < 1.29 is 14.3 Å². The predicted octanol–water partition coefficient (Wildman–Crippen LogP) is 2.41. The first-order valence-electron chi connectivity index (χ1n) is 9.76. The summed E-state index contributed by atoms with van der Waals surface area (Å²) in [4.78, 5) is 14.7. The topological polar surface area (TPSA) is 50.8 Å². The summed E-state index contributed by atoms with van der Waals surface area (Å²) in [6.07, 6.45) is 7.28. The van der Waals surface area contributed by atoms with Gasteiger partial charge < -0.3 is 14.8 Å². The Morgan fingerprint density at radius 2 is 2.15 bits per heavy atom. The van der Waals surface area contributed by atoms with Crippen molar-refractivity contribution in [3.05, 3.63) is 41.5 Å². The lowest BCUT2D eigenvalue weighted by molar-refractivity contribution is -0.148. The number of ether oxygens (including phenoxy) is 2. The number of methoxy groups -OCH3 is 1. The fraction of sp³-hybridized carbons (Fsp3) is 0.571. The number of esters is 1. The number of carbonyl (C=O) groups is 1. The lowest BCUT2D eigenvalue weighted by Gasteiger charge is -2.38. The predicted molar refractivity (Wildman–Crippen MR) is 97.9 cm³/mol. The summed E-state index contributed by atoms with van der Waals surface area (Å²) >= 11 is 0. The molecule has 3 heterocycles. The Kier molecular flexibility index (Phi) is 3.83. The number of nitrogens with zero attached hydrogens (tertiary/aromatic N) is 1. The molecule has 3 fully saturated rings. The standard InChI is InChI=1S/C21H26N2O3/c1-25-16-7-5-14(6-8-16)13-22-17-10-15-11-20(24)26-21(15)12-18(17)23-9-3-2-4-19(21)23/h5-8,11,17-19,22H,2-4,9-10,12-13H2,1H3. The number of carbonyl (C=O) groups excluding carboxylic acids is 1. The van der Waals surface area contributed by atoms with Crippen LogP contribution >= 0.6 is 0 Å². The third-order valence-corrected chi connectivity index (χ3v) is 6.77. The molecule has 138 valence electrons. The quantitative estimate of drug-likeness (QED) is 0.842. The Morgan fingerprint density at radius 3 is 2.96 bits per heavy atom. The molecule has 1 aliphatic carbocycles. The molecule has 1 spiro atoms. The molecule has 5 rings (SSSR count). The molecular weight excluding hydrogens is 328 g/mol. The molecule has 0 amide bonds. The van der Waals surface area contributed by atoms with Gasteiger partial charge >= 0.3 is 5.97 Å². The maximum atomic E-state index is 12.1. The van der Waals surface area contributed by atoms with Gasteiger partial charge in [0.25, 0.3) is 0 Å². The van der Waals surface area contributed by atoms with Gasteiger partial charge in [0, 0.05) is 31.1 Å². The van der Waals surface area contributed by atoms with Gasteiger partial charge in [-0.3, -0.25) is 4.90 Å². The summed E-state index contributed by atoms with van der Waals surface area (Å²) < 4.78 is 11.2. The largest absolute Gasteiger partial charge is 0.497 e. The first kappa shape index (κ1) is 16.3. The van der Waals surface area contributed by atoms with E-state index in [1.165, 1.54) is 24.0 Å². The van der Waals surface area contributed by atoms with E-state index in [1.54, 1.807) is 13.2 Å². The minimum Gasteiger partial charge on any atom is -0.497 e. The zero-order chi connectivity index (χ0) is 17.7. The highest BCUT2D eigenvalue weighted by molar-refractivity contribution is 5.87. The lowest BCUT2D eigenvalue weighted by Crippen LogP contribution is -2.49. The number of benzene rings is 1. The fourth-order valence-electron chi connectivity index (χ4n) is 5.59. The number of piperidine rings is 1.